The van der Waals surface area contributed by atoms with Crippen molar-refractivity contribution in [2.45, 2.75) is 45.1 Å². The normalized spacial score (nSPS) is 15.6. The Hall–Kier alpha value is -1.60. The standard InChI is InChI=1S/C14H20N4/c1-2-12(16)9-17-14-11(8-15)7-10-5-3-4-6-13(10)18-14/h7,12H,2-6,9,16H2,1H3,(H,17,18). The summed E-state index contributed by atoms with van der Waals surface area (Å²) in [6.07, 6.45) is 5.38. The Morgan fingerprint density at radius 2 is 2.28 bits per heavy atom. The van der Waals surface area contributed by atoms with Gasteiger partial charge in [-0.3, -0.25) is 0 Å². The first-order valence-electron chi connectivity index (χ1n) is 6.67. The zero-order chi connectivity index (χ0) is 13.0. The minimum atomic E-state index is 0.106. The fourth-order valence-corrected chi connectivity index (χ4v) is 2.23. The fourth-order valence-electron chi connectivity index (χ4n) is 2.23. The Morgan fingerprint density at radius 1 is 1.50 bits per heavy atom. The van der Waals surface area contributed by atoms with Crippen LogP contribution < -0.4 is 11.1 Å². The average molecular weight is 244 g/mol. The highest BCUT2D eigenvalue weighted by atomic mass is 15.0. The SMILES string of the molecule is CCC(N)CNc1nc2c(cc1C#N)CCCC2. The van der Waals surface area contributed by atoms with E-state index in [4.69, 9.17) is 5.73 Å². The highest BCUT2D eigenvalue weighted by Gasteiger charge is 2.15. The molecule has 0 fully saturated rings. The highest BCUT2D eigenvalue weighted by molar-refractivity contribution is 5.54. The molecule has 0 saturated heterocycles. The lowest BCUT2D eigenvalue weighted by Crippen LogP contribution is -2.28. The number of fused-ring (bicyclic) bond motifs is 1. The van der Waals surface area contributed by atoms with E-state index in [0.29, 0.717) is 17.9 Å². The molecule has 1 aliphatic rings. The van der Waals surface area contributed by atoms with Gasteiger partial charge < -0.3 is 11.1 Å². The fraction of sp³-hybridized carbons (Fsp3) is 0.571. The molecule has 0 aliphatic heterocycles. The molecular formula is C14H20N4. The van der Waals surface area contributed by atoms with Crippen LogP contribution in [0.4, 0.5) is 5.82 Å². The minimum Gasteiger partial charge on any atom is -0.367 e. The van der Waals surface area contributed by atoms with E-state index < -0.39 is 0 Å². The van der Waals surface area contributed by atoms with Crippen molar-refractivity contribution >= 4 is 5.82 Å². The van der Waals surface area contributed by atoms with Crippen LogP contribution >= 0.6 is 0 Å². The number of nitriles is 1. The van der Waals surface area contributed by atoms with Gasteiger partial charge in [-0.2, -0.15) is 5.26 Å². The third kappa shape index (κ3) is 2.80. The van der Waals surface area contributed by atoms with E-state index in [2.05, 4.69) is 23.3 Å². The molecule has 4 heteroatoms. The van der Waals surface area contributed by atoms with Gasteiger partial charge in [0, 0.05) is 18.3 Å². The molecule has 1 atom stereocenters. The summed E-state index contributed by atoms with van der Waals surface area (Å²) < 4.78 is 0. The first-order valence-corrected chi connectivity index (χ1v) is 6.67. The maximum Gasteiger partial charge on any atom is 0.144 e. The van der Waals surface area contributed by atoms with Crippen LogP contribution in [-0.2, 0) is 12.8 Å². The number of anilines is 1. The molecular weight excluding hydrogens is 224 g/mol. The molecule has 0 amide bonds. The number of hydrogen-bond acceptors (Lipinski definition) is 4. The van der Waals surface area contributed by atoms with Crippen molar-refractivity contribution in [1.82, 2.24) is 4.98 Å². The van der Waals surface area contributed by atoms with Gasteiger partial charge in [-0.05, 0) is 43.7 Å². The summed E-state index contributed by atoms with van der Waals surface area (Å²) in [5.41, 5.74) is 8.90. The molecule has 1 aromatic heterocycles. The van der Waals surface area contributed by atoms with Gasteiger partial charge in [0.05, 0.1) is 5.56 Å². The predicted molar refractivity (Wildman–Crippen MR) is 72.4 cm³/mol. The Labute approximate surface area is 108 Å². The Balaban J connectivity index is 2.20. The monoisotopic (exact) mass is 244 g/mol. The number of rotatable bonds is 4. The first kappa shape index (κ1) is 12.8. The Morgan fingerprint density at radius 3 is 3.00 bits per heavy atom. The van der Waals surface area contributed by atoms with Gasteiger partial charge in [0.1, 0.15) is 11.9 Å². The number of nitrogens with two attached hydrogens (primary N) is 1. The van der Waals surface area contributed by atoms with Gasteiger partial charge in [0.2, 0.25) is 0 Å². The molecule has 0 spiro atoms. The Bertz CT molecular complexity index is 462. The summed E-state index contributed by atoms with van der Waals surface area (Å²) in [5.74, 6) is 0.696. The largest absolute Gasteiger partial charge is 0.367 e. The Kier molecular flexibility index (Phi) is 4.16. The summed E-state index contributed by atoms with van der Waals surface area (Å²) in [6.45, 7) is 2.72. The third-order valence-corrected chi connectivity index (χ3v) is 3.48. The topological polar surface area (TPSA) is 74.7 Å². The van der Waals surface area contributed by atoms with E-state index in [1.165, 1.54) is 18.4 Å². The zero-order valence-corrected chi connectivity index (χ0v) is 10.9. The lowest BCUT2D eigenvalue weighted by molar-refractivity contribution is 0.662. The van der Waals surface area contributed by atoms with Gasteiger partial charge in [-0.15, -0.1) is 0 Å². The summed E-state index contributed by atoms with van der Waals surface area (Å²) in [4.78, 5) is 4.60. The maximum absolute atomic E-state index is 9.18. The molecule has 0 saturated carbocycles. The van der Waals surface area contributed by atoms with Gasteiger partial charge in [-0.25, -0.2) is 4.98 Å². The van der Waals surface area contributed by atoms with E-state index in [0.717, 1.165) is 25.0 Å². The summed E-state index contributed by atoms with van der Waals surface area (Å²) in [7, 11) is 0. The number of pyridine rings is 1. The van der Waals surface area contributed by atoms with Crippen LogP contribution in [0, 0.1) is 11.3 Å². The van der Waals surface area contributed by atoms with E-state index in [1.807, 2.05) is 6.07 Å². The predicted octanol–water partition coefficient (Wildman–Crippen LogP) is 1.98. The lowest BCUT2D eigenvalue weighted by atomic mass is 9.95. The van der Waals surface area contributed by atoms with Crippen molar-refractivity contribution in [2.24, 2.45) is 5.73 Å². The second-order valence-corrected chi connectivity index (χ2v) is 4.86. The third-order valence-electron chi connectivity index (χ3n) is 3.48. The molecule has 1 aliphatic carbocycles. The smallest absolute Gasteiger partial charge is 0.144 e. The van der Waals surface area contributed by atoms with Crippen molar-refractivity contribution in [3.63, 3.8) is 0 Å². The van der Waals surface area contributed by atoms with Crippen molar-refractivity contribution < 1.29 is 0 Å². The molecule has 4 nitrogen and oxygen atoms in total. The van der Waals surface area contributed by atoms with Gasteiger partial charge >= 0.3 is 0 Å². The molecule has 18 heavy (non-hydrogen) atoms. The van der Waals surface area contributed by atoms with Crippen LogP contribution in [0.3, 0.4) is 0 Å². The van der Waals surface area contributed by atoms with Gasteiger partial charge in [0.15, 0.2) is 0 Å². The molecule has 2 rings (SSSR count). The van der Waals surface area contributed by atoms with Crippen molar-refractivity contribution in [3.8, 4) is 6.07 Å². The van der Waals surface area contributed by atoms with Crippen LogP contribution in [0.5, 0.6) is 0 Å². The number of aromatic nitrogens is 1. The molecule has 1 aromatic rings. The number of aryl methyl sites for hydroxylation is 2. The summed E-state index contributed by atoms with van der Waals surface area (Å²) >= 11 is 0. The maximum atomic E-state index is 9.18. The van der Waals surface area contributed by atoms with Crippen LogP contribution in [0.1, 0.15) is 43.0 Å². The van der Waals surface area contributed by atoms with Crippen molar-refractivity contribution in [2.75, 3.05) is 11.9 Å². The van der Waals surface area contributed by atoms with Crippen LogP contribution in [0.25, 0.3) is 0 Å². The van der Waals surface area contributed by atoms with Crippen molar-refractivity contribution in [3.05, 3.63) is 22.9 Å². The van der Waals surface area contributed by atoms with E-state index >= 15 is 0 Å². The highest BCUT2D eigenvalue weighted by Crippen LogP contribution is 2.24. The average Bonchev–Trinajstić information content (AvgIpc) is 2.43. The second-order valence-electron chi connectivity index (χ2n) is 4.86. The molecule has 0 bridgehead atoms. The summed E-state index contributed by atoms with van der Waals surface area (Å²) in [6, 6.07) is 4.31. The molecule has 3 N–H and O–H groups in total. The van der Waals surface area contributed by atoms with Crippen LogP contribution in [0.2, 0.25) is 0 Å². The molecule has 0 aromatic carbocycles. The van der Waals surface area contributed by atoms with Crippen LogP contribution in [0.15, 0.2) is 6.07 Å². The number of nitrogens with zero attached hydrogens (tertiary/aromatic N) is 2. The molecule has 0 radical (unpaired) electrons. The van der Waals surface area contributed by atoms with Crippen LogP contribution in [-0.4, -0.2) is 17.6 Å². The van der Waals surface area contributed by atoms with Gasteiger partial charge in [-0.1, -0.05) is 6.92 Å². The summed E-state index contributed by atoms with van der Waals surface area (Å²) in [5, 5.41) is 12.4. The number of hydrogen-bond donors (Lipinski definition) is 2. The molecule has 96 valence electrons. The number of nitrogens with one attached hydrogen (secondary N) is 1. The van der Waals surface area contributed by atoms with Crippen molar-refractivity contribution in [1.29, 1.82) is 5.26 Å². The minimum absolute atomic E-state index is 0.106. The van der Waals surface area contributed by atoms with E-state index in [1.54, 1.807) is 0 Å². The van der Waals surface area contributed by atoms with E-state index in [9.17, 15) is 5.26 Å². The van der Waals surface area contributed by atoms with E-state index in [-0.39, 0.29) is 6.04 Å². The first-order chi connectivity index (χ1) is 8.74. The van der Waals surface area contributed by atoms with Gasteiger partial charge in [0.25, 0.3) is 0 Å². The lowest BCUT2D eigenvalue weighted by Gasteiger charge is -2.18. The second kappa shape index (κ2) is 5.83. The molecule has 1 heterocycles. The molecule has 1 unspecified atom stereocenters. The zero-order valence-electron chi connectivity index (χ0n) is 10.9. The quantitative estimate of drug-likeness (QED) is 0.849.